The second kappa shape index (κ2) is 9.63. The Hall–Kier alpha value is -2.06. The molecule has 1 atom stereocenters. The highest BCUT2D eigenvalue weighted by molar-refractivity contribution is 5.90. The molecule has 1 fully saturated rings. The zero-order valence-corrected chi connectivity index (χ0v) is 18.0. The maximum atomic E-state index is 5.59. The zero-order valence-electron chi connectivity index (χ0n) is 18.0. The van der Waals surface area contributed by atoms with E-state index in [-0.39, 0.29) is 1.43 Å². The topological polar surface area (TPSA) is 25.0 Å². The van der Waals surface area contributed by atoms with Crippen molar-refractivity contribution >= 4 is 10.9 Å². The van der Waals surface area contributed by atoms with Gasteiger partial charge in [-0.15, -0.1) is 0 Å². The van der Waals surface area contributed by atoms with Crippen molar-refractivity contribution < 1.29 is 6.16 Å². The molecule has 1 aromatic heterocycles. The normalized spacial score (nSPS) is 16.3. The van der Waals surface area contributed by atoms with Gasteiger partial charge < -0.3 is 9.72 Å². The summed E-state index contributed by atoms with van der Waals surface area (Å²) in [7, 11) is 0. The first-order chi connectivity index (χ1) is 14.3. The smallest absolute Gasteiger partial charge is 0.0494 e. The first-order valence-electron chi connectivity index (χ1n) is 11.5. The molecule has 1 aliphatic heterocycles. The molecule has 1 saturated heterocycles. The number of aromatic amines is 1. The van der Waals surface area contributed by atoms with Crippen molar-refractivity contribution in [3.8, 4) is 11.3 Å². The van der Waals surface area contributed by atoms with Crippen molar-refractivity contribution in [2.75, 3.05) is 13.2 Å². The van der Waals surface area contributed by atoms with Crippen LogP contribution in [0.4, 0.5) is 0 Å². The Morgan fingerprint density at radius 3 is 2.69 bits per heavy atom. The Bertz CT molecular complexity index is 926. The molecule has 156 valence electrons. The van der Waals surface area contributed by atoms with Gasteiger partial charge in [0.05, 0.1) is 0 Å². The first-order valence-corrected chi connectivity index (χ1v) is 11.5. The summed E-state index contributed by atoms with van der Waals surface area (Å²) in [6, 6.07) is 17.7. The van der Waals surface area contributed by atoms with E-state index in [1.807, 2.05) is 0 Å². The fourth-order valence-corrected chi connectivity index (χ4v) is 5.20. The summed E-state index contributed by atoms with van der Waals surface area (Å²) in [6.07, 6.45) is 9.03. The highest BCUT2D eigenvalue weighted by Gasteiger charge is 2.23. The van der Waals surface area contributed by atoms with Gasteiger partial charge in [-0.2, -0.15) is 0 Å². The summed E-state index contributed by atoms with van der Waals surface area (Å²) < 4.78 is 5.59. The number of nitrogens with one attached hydrogen (secondary N) is 1. The summed E-state index contributed by atoms with van der Waals surface area (Å²) in [4.78, 5) is 3.63. The number of benzene rings is 2. The molecule has 1 N–H and O–H groups in total. The van der Waals surface area contributed by atoms with E-state index in [4.69, 9.17) is 4.74 Å². The molecule has 1 unspecified atom stereocenters. The molecule has 0 amide bonds. The Morgan fingerprint density at radius 2 is 1.90 bits per heavy atom. The number of hydrogen-bond donors (Lipinski definition) is 1. The van der Waals surface area contributed by atoms with Crippen molar-refractivity contribution in [3.63, 3.8) is 0 Å². The third kappa shape index (κ3) is 4.75. The molecule has 2 nitrogen and oxygen atoms in total. The number of H-pyrrole nitrogens is 1. The second-order valence-corrected chi connectivity index (χ2v) is 8.76. The van der Waals surface area contributed by atoms with Gasteiger partial charge in [0.2, 0.25) is 0 Å². The van der Waals surface area contributed by atoms with E-state index in [0.717, 1.165) is 25.0 Å². The van der Waals surface area contributed by atoms with Crippen LogP contribution in [0.2, 0.25) is 0 Å². The maximum Gasteiger partial charge on any atom is 0.0494 e. The minimum atomic E-state index is 0. The summed E-state index contributed by atoms with van der Waals surface area (Å²) in [6.45, 7) is 6.50. The number of fused-ring (bicyclic) bond motifs is 1. The molecule has 0 aliphatic carbocycles. The molecule has 0 bridgehead atoms. The Labute approximate surface area is 177 Å². The number of aromatic nitrogens is 1. The van der Waals surface area contributed by atoms with E-state index >= 15 is 0 Å². The lowest BCUT2D eigenvalue weighted by Crippen LogP contribution is -2.23. The monoisotopic (exact) mass is 391 g/mol. The standard InChI is InChI=1S/C27H35NO.H2/c1-3-8-22(23-15-17-29-18-16-23)11-6-9-21-10-7-12-24(19-21)27-20(2)25-13-4-5-14-26(25)28-27;/h4-5,7,10,12-14,19,22-23,28H,3,6,8-9,11,15-18H2,1-2H3;1H. The average molecular weight is 392 g/mol. The van der Waals surface area contributed by atoms with Gasteiger partial charge in [-0.05, 0) is 79.7 Å². The van der Waals surface area contributed by atoms with Crippen LogP contribution >= 0.6 is 0 Å². The van der Waals surface area contributed by atoms with E-state index in [9.17, 15) is 0 Å². The van der Waals surface area contributed by atoms with Crippen LogP contribution in [0.15, 0.2) is 48.5 Å². The fourth-order valence-electron chi connectivity index (χ4n) is 5.20. The lowest BCUT2D eigenvalue weighted by atomic mass is 9.80. The maximum absolute atomic E-state index is 5.59. The van der Waals surface area contributed by atoms with E-state index in [2.05, 4.69) is 67.4 Å². The average Bonchev–Trinajstić information content (AvgIpc) is 3.11. The number of rotatable bonds is 8. The fraction of sp³-hybridized carbons (Fsp3) is 0.481. The molecule has 29 heavy (non-hydrogen) atoms. The first kappa shape index (κ1) is 20.2. The Balaban J connectivity index is 0.00000256. The minimum absolute atomic E-state index is 0. The highest BCUT2D eigenvalue weighted by Crippen LogP contribution is 2.32. The third-order valence-corrected chi connectivity index (χ3v) is 6.81. The zero-order chi connectivity index (χ0) is 20.1. The van der Waals surface area contributed by atoms with Crippen LogP contribution in [0.5, 0.6) is 0 Å². The number of hydrogen-bond acceptors (Lipinski definition) is 1. The van der Waals surface area contributed by atoms with Crippen molar-refractivity contribution in [2.45, 2.75) is 58.8 Å². The van der Waals surface area contributed by atoms with Gasteiger partial charge in [0.1, 0.15) is 0 Å². The number of ether oxygens (including phenoxy) is 1. The Kier molecular flexibility index (Phi) is 6.71. The van der Waals surface area contributed by atoms with E-state index in [1.54, 1.807) is 0 Å². The van der Waals surface area contributed by atoms with Crippen LogP contribution in [-0.4, -0.2) is 18.2 Å². The molecule has 0 saturated carbocycles. The molecule has 3 aromatic rings. The van der Waals surface area contributed by atoms with E-state index in [1.165, 1.54) is 78.2 Å². The largest absolute Gasteiger partial charge is 0.381 e. The quantitative estimate of drug-likeness (QED) is 0.421. The van der Waals surface area contributed by atoms with Crippen LogP contribution < -0.4 is 0 Å². The number of para-hydroxylation sites is 1. The molecule has 1 aliphatic rings. The van der Waals surface area contributed by atoms with Crippen LogP contribution in [0.3, 0.4) is 0 Å². The lowest BCUT2D eigenvalue weighted by Gasteiger charge is -2.30. The van der Waals surface area contributed by atoms with Crippen LogP contribution in [0.25, 0.3) is 22.2 Å². The van der Waals surface area contributed by atoms with Crippen molar-refractivity contribution in [1.82, 2.24) is 4.98 Å². The predicted octanol–water partition coefficient (Wildman–Crippen LogP) is 7.55. The molecular weight excluding hydrogens is 354 g/mol. The SMILES string of the molecule is CCCC(CCCc1cccc(-c2[nH]c3ccccc3c2C)c1)C1CCOCC1.[HH]. The summed E-state index contributed by atoms with van der Waals surface area (Å²) >= 11 is 0. The van der Waals surface area contributed by atoms with Crippen molar-refractivity contribution in [2.24, 2.45) is 11.8 Å². The molecule has 2 aromatic carbocycles. The molecule has 4 rings (SSSR count). The van der Waals surface area contributed by atoms with Gasteiger partial charge >= 0.3 is 0 Å². The van der Waals surface area contributed by atoms with E-state index in [0.29, 0.717) is 0 Å². The van der Waals surface area contributed by atoms with Crippen LogP contribution in [0.1, 0.15) is 58.0 Å². The molecule has 0 radical (unpaired) electrons. The summed E-state index contributed by atoms with van der Waals surface area (Å²) in [5.74, 6) is 1.76. The summed E-state index contributed by atoms with van der Waals surface area (Å²) in [5, 5.41) is 1.33. The number of aryl methyl sites for hydroxylation is 2. The van der Waals surface area contributed by atoms with Gasteiger partial charge in [0.25, 0.3) is 0 Å². The van der Waals surface area contributed by atoms with Crippen molar-refractivity contribution in [3.05, 3.63) is 59.7 Å². The van der Waals surface area contributed by atoms with Crippen LogP contribution in [-0.2, 0) is 11.2 Å². The molecule has 0 spiro atoms. The lowest BCUT2D eigenvalue weighted by molar-refractivity contribution is 0.0427. The van der Waals surface area contributed by atoms with Gasteiger partial charge in [0, 0.05) is 31.2 Å². The molecular formula is C27H37NO. The second-order valence-electron chi connectivity index (χ2n) is 8.76. The third-order valence-electron chi connectivity index (χ3n) is 6.81. The summed E-state index contributed by atoms with van der Waals surface area (Å²) in [5.41, 5.74) is 6.61. The Morgan fingerprint density at radius 1 is 1.07 bits per heavy atom. The van der Waals surface area contributed by atoms with Crippen molar-refractivity contribution in [1.29, 1.82) is 0 Å². The highest BCUT2D eigenvalue weighted by atomic mass is 16.5. The van der Waals surface area contributed by atoms with Gasteiger partial charge in [-0.25, -0.2) is 0 Å². The minimum Gasteiger partial charge on any atom is -0.381 e. The van der Waals surface area contributed by atoms with E-state index < -0.39 is 0 Å². The van der Waals surface area contributed by atoms with Gasteiger partial charge in [0.15, 0.2) is 0 Å². The van der Waals surface area contributed by atoms with Crippen LogP contribution in [0, 0.1) is 18.8 Å². The van der Waals surface area contributed by atoms with Gasteiger partial charge in [-0.1, -0.05) is 56.2 Å². The van der Waals surface area contributed by atoms with Gasteiger partial charge in [-0.3, -0.25) is 0 Å². The molecule has 2 heteroatoms. The molecule has 2 heterocycles. The predicted molar refractivity (Wildman–Crippen MR) is 125 cm³/mol.